The number of aromatic nitrogens is 2. The van der Waals surface area contributed by atoms with Crippen molar-refractivity contribution in [2.45, 2.75) is 25.8 Å². The van der Waals surface area contributed by atoms with Crippen LogP contribution in [0.5, 0.6) is 5.75 Å². The quantitative estimate of drug-likeness (QED) is 0.656. The zero-order valence-electron chi connectivity index (χ0n) is 11.6. The van der Waals surface area contributed by atoms with Crippen molar-refractivity contribution in [3.63, 3.8) is 0 Å². The summed E-state index contributed by atoms with van der Waals surface area (Å²) in [5, 5.41) is 4.82. The summed E-state index contributed by atoms with van der Waals surface area (Å²) >= 11 is 7.41. The lowest BCUT2D eigenvalue weighted by Gasteiger charge is -2.19. The van der Waals surface area contributed by atoms with Crippen LogP contribution in [0.25, 0.3) is 0 Å². The summed E-state index contributed by atoms with van der Waals surface area (Å²) in [5.41, 5.74) is 4.61. The molecule has 2 aromatic rings. The maximum atomic E-state index is 6.09. The number of rotatable bonds is 5. The van der Waals surface area contributed by atoms with Gasteiger partial charge in [0.25, 0.3) is 0 Å². The molecule has 0 amide bonds. The van der Waals surface area contributed by atoms with E-state index < -0.39 is 0 Å². The molecular weight excluding hydrogens is 296 g/mol. The van der Waals surface area contributed by atoms with Crippen molar-refractivity contribution < 1.29 is 4.74 Å². The molecule has 0 spiro atoms. The van der Waals surface area contributed by atoms with Crippen molar-refractivity contribution in [2.75, 3.05) is 7.11 Å². The number of hydrogen-bond donors (Lipinski definition) is 2. The van der Waals surface area contributed by atoms with Gasteiger partial charge in [-0.1, -0.05) is 29.9 Å². The molecule has 20 heavy (non-hydrogen) atoms. The highest BCUT2D eigenvalue weighted by Crippen LogP contribution is 2.36. The number of hydrazine groups is 1. The summed E-state index contributed by atoms with van der Waals surface area (Å²) in [7, 11) is 1.62. The molecule has 1 aromatic carbocycles. The fourth-order valence-corrected chi connectivity index (χ4v) is 3.11. The molecule has 2 rings (SSSR count). The number of methoxy groups -OCH3 is 1. The van der Waals surface area contributed by atoms with Crippen molar-refractivity contribution in [3.8, 4) is 5.75 Å². The van der Waals surface area contributed by atoms with Gasteiger partial charge in [-0.05, 0) is 35.6 Å². The van der Waals surface area contributed by atoms with Crippen LogP contribution in [-0.4, -0.2) is 16.7 Å². The van der Waals surface area contributed by atoms with Crippen LogP contribution in [0.2, 0.25) is 5.02 Å². The van der Waals surface area contributed by atoms with Crippen LogP contribution in [0.1, 0.15) is 41.9 Å². The third-order valence-electron chi connectivity index (χ3n) is 3.02. The third kappa shape index (κ3) is 2.93. The lowest BCUT2D eigenvalue weighted by Crippen LogP contribution is -2.29. The van der Waals surface area contributed by atoms with Crippen LogP contribution in [0.3, 0.4) is 0 Å². The Bertz CT molecular complexity index is 588. The van der Waals surface area contributed by atoms with E-state index in [1.165, 1.54) is 11.5 Å². The van der Waals surface area contributed by atoms with Gasteiger partial charge in [-0.15, -0.1) is 5.10 Å². The minimum absolute atomic E-state index is 0.249. The Kier molecular flexibility index (Phi) is 4.93. The number of nitrogens with one attached hydrogen (secondary N) is 1. The van der Waals surface area contributed by atoms with Gasteiger partial charge in [-0.25, -0.2) is 5.43 Å². The Morgan fingerprint density at radius 2 is 2.15 bits per heavy atom. The van der Waals surface area contributed by atoms with Gasteiger partial charge in [0.1, 0.15) is 5.75 Å². The van der Waals surface area contributed by atoms with E-state index in [-0.39, 0.29) is 12.0 Å². The normalized spacial score (nSPS) is 12.7. The molecule has 1 aromatic heterocycles. The van der Waals surface area contributed by atoms with E-state index in [1.807, 2.05) is 12.1 Å². The van der Waals surface area contributed by atoms with Crippen molar-refractivity contribution in [3.05, 3.63) is 39.4 Å². The van der Waals surface area contributed by atoms with Crippen LogP contribution < -0.4 is 16.0 Å². The number of ether oxygens (including phenoxy) is 1. The smallest absolute Gasteiger partial charge is 0.124 e. The second-order valence-electron chi connectivity index (χ2n) is 4.66. The summed E-state index contributed by atoms with van der Waals surface area (Å²) < 4.78 is 9.43. The van der Waals surface area contributed by atoms with Gasteiger partial charge >= 0.3 is 0 Å². The summed E-state index contributed by atoms with van der Waals surface area (Å²) in [4.78, 5) is 0.975. The largest absolute Gasteiger partial charge is 0.496 e. The maximum absolute atomic E-state index is 6.09. The summed E-state index contributed by atoms with van der Waals surface area (Å²) in [6, 6.07) is 5.20. The maximum Gasteiger partial charge on any atom is 0.124 e. The Morgan fingerprint density at radius 3 is 2.75 bits per heavy atom. The van der Waals surface area contributed by atoms with Gasteiger partial charge in [0.2, 0.25) is 0 Å². The van der Waals surface area contributed by atoms with Crippen molar-refractivity contribution in [2.24, 2.45) is 5.84 Å². The van der Waals surface area contributed by atoms with Crippen LogP contribution in [-0.2, 0) is 0 Å². The van der Waals surface area contributed by atoms with Gasteiger partial charge in [-0.3, -0.25) is 5.84 Å². The van der Waals surface area contributed by atoms with Gasteiger partial charge < -0.3 is 4.74 Å². The van der Waals surface area contributed by atoms with E-state index in [9.17, 15) is 0 Å². The Labute approximate surface area is 127 Å². The molecule has 0 saturated carbocycles. The standard InChI is InChI=1S/C13H17ClN4OS/c1-7(2)11-13(20-18-17-11)12(16-15)9-6-8(14)4-5-10(9)19-3/h4-7,12,16H,15H2,1-3H3. The van der Waals surface area contributed by atoms with E-state index in [2.05, 4.69) is 28.9 Å². The summed E-state index contributed by atoms with van der Waals surface area (Å²) in [5.74, 6) is 6.73. The minimum atomic E-state index is -0.249. The molecule has 0 aliphatic carbocycles. The highest BCUT2D eigenvalue weighted by molar-refractivity contribution is 7.05. The highest BCUT2D eigenvalue weighted by Gasteiger charge is 2.24. The van der Waals surface area contributed by atoms with Crippen LogP contribution in [0.15, 0.2) is 18.2 Å². The SMILES string of the molecule is COc1ccc(Cl)cc1C(NN)c1snnc1C(C)C. The van der Waals surface area contributed by atoms with Crippen molar-refractivity contribution in [1.29, 1.82) is 0 Å². The second-order valence-corrected chi connectivity index (χ2v) is 5.89. The topological polar surface area (TPSA) is 73.1 Å². The van der Waals surface area contributed by atoms with Crippen LogP contribution >= 0.6 is 23.1 Å². The number of benzene rings is 1. The molecule has 1 heterocycles. The Morgan fingerprint density at radius 1 is 1.40 bits per heavy atom. The molecule has 1 atom stereocenters. The average molecular weight is 313 g/mol. The number of hydrogen-bond acceptors (Lipinski definition) is 6. The first kappa shape index (κ1) is 15.2. The molecule has 0 saturated heterocycles. The number of nitrogens with two attached hydrogens (primary N) is 1. The molecule has 3 N–H and O–H groups in total. The summed E-state index contributed by atoms with van der Waals surface area (Å²) in [6.07, 6.45) is 0. The fraction of sp³-hybridized carbons (Fsp3) is 0.385. The summed E-state index contributed by atoms with van der Waals surface area (Å²) in [6.45, 7) is 4.14. The molecule has 0 aliphatic heterocycles. The molecular formula is C13H17ClN4OS. The molecule has 0 radical (unpaired) electrons. The average Bonchev–Trinajstić information content (AvgIpc) is 2.89. The predicted octanol–water partition coefficient (Wildman–Crippen LogP) is 2.88. The first-order valence-corrected chi connectivity index (χ1v) is 7.35. The van der Waals surface area contributed by atoms with E-state index >= 15 is 0 Å². The minimum Gasteiger partial charge on any atom is -0.496 e. The molecule has 0 aliphatic rings. The highest BCUT2D eigenvalue weighted by atomic mass is 35.5. The first-order valence-electron chi connectivity index (χ1n) is 6.20. The van der Waals surface area contributed by atoms with E-state index in [4.69, 9.17) is 22.2 Å². The molecule has 0 fully saturated rings. The van der Waals surface area contributed by atoms with Crippen LogP contribution in [0, 0.1) is 0 Å². The van der Waals surface area contributed by atoms with Gasteiger partial charge in [0, 0.05) is 10.6 Å². The monoisotopic (exact) mass is 312 g/mol. The predicted molar refractivity (Wildman–Crippen MR) is 81.2 cm³/mol. The second kappa shape index (κ2) is 6.49. The first-order chi connectivity index (χ1) is 9.58. The molecule has 1 unspecified atom stereocenters. The van der Waals surface area contributed by atoms with E-state index in [0.29, 0.717) is 5.02 Å². The van der Waals surface area contributed by atoms with Gasteiger partial charge in [0.15, 0.2) is 0 Å². The van der Waals surface area contributed by atoms with Gasteiger partial charge in [-0.2, -0.15) is 0 Å². The lowest BCUT2D eigenvalue weighted by atomic mass is 10.00. The number of halogens is 1. The Balaban J connectivity index is 2.52. The third-order valence-corrected chi connectivity index (χ3v) is 4.06. The lowest BCUT2D eigenvalue weighted by molar-refractivity contribution is 0.404. The molecule has 108 valence electrons. The molecule has 7 heteroatoms. The van der Waals surface area contributed by atoms with E-state index in [0.717, 1.165) is 21.9 Å². The van der Waals surface area contributed by atoms with Crippen molar-refractivity contribution >= 4 is 23.1 Å². The fourth-order valence-electron chi connectivity index (χ4n) is 2.04. The molecule has 0 bridgehead atoms. The number of nitrogens with zero attached hydrogens (tertiary/aromatic N) is 2. The van der Waals surface area contributed by atoms with Crippen molar-refractivity contribution in [1.82, 2.24) is 15.0 Å². The molecule has 5 nitrogen and oxygen atoms in total. The zero-order chi connectivity index (χ0) is 14.7. The Hall–Kier alpha value is -1.21. The van der Waals surface area contributed by atoms with E-state index in [1.54, 1.807) is 13.2 Å². The zero-order valence-corrected chi connectivity index (χ0v) is 13.1. The van der Waals surface area contributed by atoms with Gasteiger partial charge in [0.05, 0.1) is 23.7 Å². The van der Waals surface area contributed by atoms with Crippen LogP contribution in [0.4, 0.5) is 0 Å².